The summed E-state index contributed by atoms with van der Waals surface area (Å²) in [6.45, 7) is 11.1. The molecule has 21 heavy (non-hydrogen) atoms. The summed E-state index contributed by atoms with van der Waals surface area (Å²) in [6.07, 6.45) is 8.59. The molecule has 1 aromatic carbocycles. The highest BCUT2D eigenvalue weighted by molar-refractivity contribution is 5.26. The van der Waals surface area contributed by atoms with Gasteiger partial charge in [0, 0.05) is 18.2 Å². The molecule has 1 heteroatoms. The Bertz CT molecular complexity index is 453. The third-order valence-corrected chi connectivity index (χ3v) is 5.10. The third-order valence-electron chi connectivity index (χ3n) is 5.10. The van der Waals surface area contributed by atoms with Crippen LogP contribution in [0.4, 0.5) is 0 Å². The fourth-order valence-corrected chi connectivity index (χ4v) is 3.45. The quantitative estimate of drug-likeness (QED) is 0.653. The molecule has 0 radical (unpaired) electrons. The minimum Gasteiger partial charge on any atom is -0.385 e. The Hall–Kier alpha value is -1.24. The van der Waals surface area contributed by atoms with Crippen molar-refractivity contribution >= 4 is 0 Å². The number of hydrogen-bond donors (Lipinski definition) is 1. The van der Waals surface area contributed by atoms with Crippen LogP contribution in [0.15, 0.2) is 36.5 Å². The van der Waals surface area contributed by atoms with Gasteiger partial charge in [-0.15, -0.1) is 0 Å². The minimum absolute atomic E-state index is 0.558. The molecular weight excluding hydrogens is 254 g/mol. The average Bonchev–Trinajstić information content (AvgIpc) is 3.28. The van der Waals surface area contributed by atoms with E-state index in [1.165, 1.54) is 55.3 Å². The Morgan fingerprint density at radius 1 is 1.14 bits per heavy atom. The number of benzene rings is 1. The molecule has 1 aliphatic carbocycles. The second kappa shape index (κ2) is 7.15. The van der Waals surface area contributed by atoms with E-state index in [9.17, 15) is 0 Å². The summed E-state index contributed by atoms with van der Waals surface area (Å²) in [6, 6.07) is 9.64. The first-order valence-electron chi connectivity index (χ1n) is 8.65. The molecule has 1 unspecified atom stereocenters. The van der Waals surface area contributed by atoms with Gasteiger partial charge in [0.1, 0.15) is 0 Å². The van der Waals surface area contributed by atoms with Crippen molar-refractivity contribution in [2.75, 3.05) is 0 Å². The molecule has 0 spiro atoms. The van der Waals surface area contributed by atoms with Crippen LogP contribution in [0.1, 0.15) is 64.0 Å². The van der Waals surface area contributed by atoms with Gasteiger partial charge in [0.15, 0.2) is 0 Å². The van der Waals surface area contributed by atoms with Crippen LogP contribution in [-0.2, 0) is 12.8 Å². The smallest absolute Gasteiger partial charge is 0.0311 e. The van der Waals surface area contributed by atoms with E-state index in [1.807, 2.05) is 0 Å². The first-order chi connectivity index (χ1) is 10.1. The lowest BCUT2D eigenvalue weighted by molar-refractivity contribution is 0.330. The van der Waals surface area contributed by atoms with E-state index in [0.717, 1.165) is 6.42 Å². The maximum Gasteiger partial charge on any atom is 0.0311 e. The molecule has 0 amide bonds. The van der Waals surface area contributed by atoms with Crippen LogP contribution in [0.5, 0.6) is 0 Å². The predicted molar refractivity (Wildman–Crippen MR) is 92.5 cm³/mol. The van der Waals surface area contributed by atoms with Crippen molar-refractivity contribution in [1.29, 1.82) is 0 Å². The van der Waals surface area contributed by atoms with Crippen LogP contribution >= 0.6 is 0 Å². The Labute approximate surface area is 130 Å². The van der Waals surface area contributed by atoms with Gasteiger partial charge in [0.25, 0.3) is 0 Å². The van der Waals surface area contributed by atoms with Crippen LogP contribution in [0, 0.1) is 5.41 Å². The standard InChI is InChI=1S/C20H31N/c1-5-8-17-9-11-18(12-10-17)15-16(4)21-19(6-2)20(7-3)13-14-20/h9-12,19,21H,4-8,13-15H2,1-3H3. The highest BCUT2D eigenvalue weighted by Crippen LogP contribution is 2.52. The molecule has 1 atom stereocenters. The molecule has 0 bridgehead atoms. The molecule has 1 aliphatic rings. The molecule has 1 aromatic rings. The summed E-state index contributed by atoms with van der Waals surface area (Å²) in [5, 5.41) is 3.71. The van der Waals surface area contributed by atoms with Gasteiger partial charge in [-0.1, -0.05) is 58.0 Å². The van der Waals surface area contributed by atoms with Gasteiger partial charge in [0.2, 0.25) is 0 Å². The van der Waals surface area contributed by atoms with E-state index in [4.69, 9.17) is 0 Å². The molecular formula is C20H31N. The lowest BCUT2D eigenvalue weighted by atomic mass is 9.91. The Balaban J connectivity index is 1.88. The lowest BCUT2D eigenvalue weighted by Crippen LogP contribution is -2.36. The monoisotopic (exact) mass is 285 g/mol. The van der Waals surface area contributed by atoms with Crippen molar-refractivity contribution in [3.8, 4) is 0 Å². The van der Waals surface area contributed by atoms with Crippen molar-refractivity contribution < 1.29 is 0 Å². The molecule has 1 nitrogen and oxygen atoms in total. The van der Waals surface area contributed by atoms with E-state index in [2.05, 4.69) is 56.9 Å². The molecule has 0 heterocycles. The summed E-state index contributed by atoms with van der Waals surface area (Å²) >= 11 is 0. The summed E-state index contributed by atoms with van der Waals surface area (Å²) < 4.78 is 0. The minimum atomic E-state index is 0.558. The summed E-state index contributed by atoms with van der Waals surface area (Å²) in [5.74, 6) is 0. The zero-order chi connectivity index (χ0) is 15.3. The number of nitrogens with one attached hydrogen (secondary N) is 1. The molecule has 2 rings (SSSR count). The molecule has 1 fully saturated rings. The topological polar surface area (TPSA) is 12.0 Å². The zero-order valence-corrected chi connectivity index (χ0v) is 14.0. The van der Waals surface area contributed by atoms with E-state index >= 15 is 0 Å². The summed E-state index contributed by atoms with van der Waals surface area (Å²) in [5.41, 5.74) is 4.53. The van der Waals surface area contributed by atoms with Crippen molar-refractivity contribution in [2.24, 2.45) is 5.41 Å². The van der Waals surface area contributed by atoms with Crippen LogP contribution in [0.25, 0.3) is 0 Å². The van der Waals surface area contributed by atoms with Gasteiger partial charge in [-0.3, -0.25) is 0 Å². The fraction of sp³-hybridized carbons (Fsp3) is 0.600. The lowest BCUT2D eigenvalue weighted by Gasteiger charge is -2.28. The Morgan fingerprint density at radius 2 is 1.76 bits per heavy atom. The molecule has 116 valence electrons. The highest BCUT2D eigenvalue weighted by Gasteiger charge is 2.46. The number of rotatable bonds is 9. The Morgan fingerprint density at radius 3 is 2.24 bits per heavy atom. The summed E-state index contributed by atoms with van der Waals surface area (Å²) in [4.78, 5) is 0. The van der Waals surface area contributed by atoms with Gasteiger partial charge in [-0.2, -0.15) is 0 Å². The maximum absolute atomic E-state index is 4.26. The van der Waals surface area contributed by atoms with Gasteiger partial charge in [-0.05, 0) is 48.6 Å². The van der Waals surface area contributed by atoms with Crippen LogP contribution in [0.2, 0.25) is 0 Å². The van der Waals surface area contributed by atoms with Gasteiger partial charge >= 0.3 is 0 Å². The molecule has 1 N–H and O–H groups in total. The molecule has 0 aromatic heterocycles. The largest absolute Gasteiger partial charge is 0.385 e. The van der Waals surface area contributed by atoms with Crippen LogP contribution in [-0.4, -0.2) is 6.04 Å². The zero-order valence-electron chi connectivity index (χ0n) is 14.0. The second-order valence-electron chi connectivity index (χ2n) is 6.67. The third kappa shape index (κ3) is 4.12. The second-order valence-corrected chi connectivity index (χ2v) is 6.67. The van der Waals surface area contributed by atoms with Crippen molar-refractivity contribution in [3.63, 3.8) is 0 Å². The van der Waals surface area contributed by atoms with Gasteiger partial charge < -0.3 is 5.32 Å². The Kier molecular flexibility index (Phi) is 5.50. The normalized spacial score (nSPS) is 17.3. The van der Waals surface area contributed by atoms with Crippen LogP contribution in [0.3, 0.4) is 0 Å². The maximum atomic E-state index is 4.26. The number of allylic oxidation sites excluding steroid dienone is 1. The first kappa shape index (κ1) is 16.1. The number of aryl methyl sites for hydroxylation is 1. The van der Waals surface area contributed by atoms with Crippen molar-refractivity contribution in [2.45, 2.75) is 71.8 Å². The van der Waals surface area contributed by atoms with E-state index < -0.39 is 0 Å². The number of hydrogen-bond acceptors (Lipinski definition) is 1. The molecule has 0 saturated heterocycles. The summed E-state index contributed by atoms with van der Waals surface area (Å²) in [7, 11) is 0. The molecule has 1 saturated carbocycles. The van der Waals surface area contributed by atoms with E-state index in [1.54, 1.807) is 0 Å². The fourth-order valence-electron chi connectivity index (χ4n) is 3.45. The van der Waals surface area contributed by atoms with E-state index in [0.29, 0.717) is 11.5 Å². The highest BCUT2D eigenvalue weighted by atomic mass is 15.0. The first-order valence-corrected chi connectivity index (χ1v) is 8.65. The van der Waals surface area contributed by atoms with E-state index in [-0.39, 0.29) is 0 Å². The van der Waals surface area contributed by atoms with Gasteiger partial charge in [0.05, 0.1) is 0 Å². The predicted octanol–water partition coefficient (Wildman–Crippen LogP) is 5.25. The van der Waals surface area contributed by atoms with Crippen molar-refractivity contribution in [3.05, 3.63) is 47.7 Å². The van der Waals surface area contributed by atoms with Crippen molar-refractivity contribution in [1.82, 2.24) is 5.32 Å². The van der Waals surface area contributed by atoms with Gasteiger partial charge in [-0.25, -0.2) is 0 Å². The average molecular weight is 285 g/mol. The molecule has 0 aliphatic heterocycles. The van der Waals surface area contributed by atoms with Crippen LogP contribution < -0.4 is 5.32 Å². The SMILES string of the molecule is C=C(Cc1ccc(CCC)cc1)NC(CC)C1(CC)CC1.